The molecule has 0 spiro atoms. The van der Waals surface area contributed by atoms with Gasteiger partial charge in [-0.15, -0.1) is 11.3 Å². The average molecular weight is 366 g/mol. The van der Waals surface area contributed by atoms with Crippen LogP contribution in [0.25, 0.3) is 10.2 Å². The molecule has 0 bridgehead atoms. The van der Waals surface area contributed by atoms with Gasteiger partial charge in [0.15, 0.2) is 0 Å². The van der Waals surface area contributed by atoms with E-state index in [2.05, 4.69) is 12.1 Å². The van der Waals surface area contributed by atoms with Crippen LogP contribution in [-0.4, -0.2) is 35.5 Å². The Balaban J connectivity index is 1.49. The molecular weight excluding hydrogens is 344 g/mol. The van der Waals surface area contributed by atoms with Gasteiger partial charge in [-0.05, 0) is 56.2 Å². The summed E-state index contributed by atoms with van der Waals surface area (Å²) in [6, 6.07) is 15.7. The highest BCUT2D eigenvalue weighted by Crippen LogP contribution is 2.33. The Morgan fingerprint density at radius 3 is 2.81 bits per heavy atom. The number of likely N-dealkylation sites (tertiary alicyclic amines) is 1. The van der Waals surface area contributed by atoms with Gasteiger partial charge in [0.2, 0.25) is 0 Å². The molecule has 0 N–H and O–H groups in total. The van der Waals surface area contributed by atoms with Crippen molar-refractivity contribution < 1.29 is 9.53 Å². The highest BCUT2D eigenvalue weighted by molar-refractivity contribution is 7.18. The second kappa shape index (κ2) is 7.46. The van der Waals surface area contributed by atoms with Crippen LogP contribution >= 0.6 is 11.3 Å². The molecule has 1 atom stereocenters. The van der Waals surface area contributed by atoms with Gasteiger partial charge in [0, 0.05) is 24.6 Å². The summed E-state index contributed by atoms with van der Waals surface area (Å²) in [6.07, 6.45) is 2.11. The van der Waals surface area contributed by atoms with E-state index < -0.39 is 0 Å². The Bertz CT molecular complexity index is 871. The van der Waals surface area contributed by atoms with Gasteiger partial charge in [0.1, 0.15) is 5.75 Å². The predicted octanol–water partition coefficient (Wildman–Crippen LogP) is 4.71. The Morgan fingerprint density at radius 1 is 1.23 bits per heavy atom. The summed E-state index contributed by atoms with van der Waals surface area (Å²) in [5, 5.41) is 1.15. The fourth-order valence-electron chi connectivity index (χ4n) is 3.47. The molecule has 134 valence electrons. The van der Waals surface area contributed by atoms with Crippen LogP contribution in [0.3, 0.4) is 0 Å². The lowest BCUT2D eigenvalue weighted by atomic mass is 9.98. The maximum Gasteiger partial charge on any atom is 0.253 e. The maximum atomic E-state index is 12.9. The lowest BCUT2D eigenvalue weighted by Gasteiger charge is -2.32. The molecular formula is C21H22N2O2S. The maximum absolute atomic E-state index is 12.9. The number of hydrogen-bond donors (Lipinski definition) is 0. The van der Waals surface area contributed by atoms with Crippen molar-refractivity contribution in [3.8, 4) is 5.75 Å². The SMILES string of the molecule is CCOc1ccc(C(=O)N2CCC[C@H](c3nc4ccccc4s3)C2)cc1. The van der Waals surface area contributed by atoms with Gasteiger partial charge in [0.25, 0.3) is 5.91 Å². The minimum Gasteiger partial charge on any atom is -0.494 e. The Kier molecular flexibility index (Phi) is 4.89. The summed E-state index contributed by atoms with van der Waals surface area (Å²) in [7, 11) is 0. The fraction of sp³-hybridized carbons (Fsp3) is 0.333. The second-order valence-electron chi connectivity index (χ2n) is 6.57. The number of amides is 1. The van der Waals surface area contributed by atoms with E-state index in [-0.39, 0.29) is 5.91 Å². The number of rotatable bonds is 4. The van der Waals surface area contributed by atoms with E-state index in [4.69, 9.17) is 9.72 Å². The van der Waals surface area contributed by atoms with Crippen LogP contribution in [-0.2, 0) is 0 Å². The first-order valence-corrected chi connectivity index (χ1v) is 9.94. The van der Waals surface area contributed by atoms with Crippen LogP contribution in [0.5, 0.6) is 5.75 Å². The first-order valence-electron chi connectivity index (χ1n) is 9.12. The molecule has 0 saturated carbocycles. The zero-order valence-corrected chi connectivity index (χ0v) is 15.7. The van der Waals surface area contributed by atoms with Gasteiger partial charge in [0.05, 0.1) is 21.8 Å². The van der Waals surface area contributed by atoms with Crippen molar-refractivity contribution in [2.75, 3.05) is 19.7 Å². The second-order valence-corrected chi connectivity index (χ2v) is 7.63. The summed E-state index contributed by atoms with van der Waals surface area (Å²) in [5.41, 5.74) is 1.78. The molecule has 3 aromatic rings. The van der Waals surface area contributed by atoms with Crippen molar-refractivity contribution in [1.29, 1.82) is 0 Å². The van der Waals surface area contributed by atoms with Crippen LogP contribution < -0.4 is 4.74 Å². The number of thiazole rings is 1. The van der Waals surface area contributed by atoms with Crippen LogP contribution in [0.15, 0.2) is 48.5 Å². The fourth-order valence-corrected chi connectivity index (χ4v) is 4.56. The number of benzene rings is 2. The van der Waals surface area contributed by atoms with Gasteiger partial charge >= 0.3 is 0 Å². The molecule has 5 heteroatoms. The molecule has 2 heterocycles. The first-order chi connectivity index (χ1) is 12.7. The summed E-state index contributed by atoms with van der Waals surface area (Å²) >= 11 is 1.76. The molecule has 26 heavy (non-hydrogen) atoms. The van der Waals surface area contributed by atoms with Crippen molar-refractivity contribution in [2.24, 2.45) is 0 Å². The number of para-hydroxylation sites is 1. The van der Waals surface area contributed by atoms with Crippen LogP contribution in [0.2, 0.25) is 0 Å². The number of aromatic nitrogens is 1. The smallest absolute Gasteiger partial charge is 0.253 e. The van der Waals surface area contributed by atoms with Gasteiger partial charge in [-0.2, -0.15) is 0 Å². The van der Waals surface area contributed by atoms with E-state index in [1.165, 1.54) is 4.70 Å². The number of carbonyl (C=O) groups is 1. The number of nitrogens with zero attached hydrogens (tertiary/aromatic N) is 2. The van der Waals surface area contributed by atoms with E-state index >= 15 is 0 Å². The normalized spacial score (nSPS) is 17.4. The molecule has 1 fully saturated rings. The van der Waals surface area contributed by atoms with E-state index in [0.29, 0.717) is 12.5 Å². The predicted molar refractivity (Wildman–Crippen MR) is 105 cm³/mol. The Hall–Kier alpha value is -2.40. The van der Waals surface area contributed by atoms with E-state index in [0.717, 1.165) is 47.8 Å². The van der Waals surface area contributed by atoms with Crippen molar-refractivity contribution in [1.82, 2.24) is 9.88 Å². The van der Waals surface area contributed by atoms with Crippen LogP contribution in [0.1, 0.15) is 41.0 Å². The number of carbonyl (C=O) groups excluding carboxylic acids is 1. The number of piperidine rings is 1. The van der Waals surface area contributed by atoms with E-state index in [9.17, 15) is 4.79 Å². The van der Waals surface area contributed by atoms with Gasteiger partial charge in [-0.1, -0.05) is 12.1 Å². The van der Waals surface area contributed by atoms with Crippen molar-refractivity contribution >= 4 is 27.5 Å². The average Bonchev–Trinajstić information content (AvgIpc) is 3.13. The molecule has 0 radical (unpaired) electrons. The number of ether oxygens (including phenoxy) is 1. The van der Waals surface area contributed by atoms with E-state index in [1.54, 1.807) is 11.3 Å². The van der Waals surface area contributed by atoms with Crippen LogP contribution in [0.4, 0.5) is 0 Å². The zero-order valence-electron chi connectivity index (χ0n) is 14.9. The lowest BCUT2D eigenvalue weighted by molar-refractivity contribution is 0.0707. The molecule has 0 aliphatic carbocycles. The lowest BCUT2D eigenvalue weighted by Crippen LogP contribution is -2.39. The van der Waals surface area contributed by atoms with Gasteiger partial charge in [-0.25, -0.2) is 4.98 Å². The van der Waals surface area contributed by atoms with Gasteiger partial charge < -0.3 is 9.64 Å². The number of fused-ring (bicyclic) bond motifs is 1. The third-order valence-electron chi connectivity index (χ3n) is 4.78. The molecule has 2 aromatic carbocycles. The standard InChI is InChI=1S/C21H22N2O2S/c1-2-25-17-11-9-15(10-12-17)21(24)23-13-5-6-16(14-23)20-22-18-7-3-4-8-19(18)26-20/h3-4,7-12,16H,2,5-6,13-14H2,1H3/t16-/m0/s1. The monoisotopic (exact) mass is 366 g/mol. The molecule has 4 rings (SSSR count). The molecule has 1 aliphatic rings. The number of hydrogen-bond acceptors (Lipinski definition) is 4. The Morgan fingerprint density at radius 2 is 2.04 bits per heavy atom. The Labute approximate surface area is 157 Å². The summed E-state index contributed by atoms with van der Waals surface area (Å²) in [6.45, 7) is 4.14. The third-order valence-corrected chi connectivity index (χ3v) is 5.98. The molecule has 1 aromatic heterocycles. The van der Waals surface area contributed by atoms with E-state index in [1.807, 2.05) is 48.2 Å². The minimum absolute atomic E-state index is 0.0962. The quantitative estimate of drug-likeness (QED) is 0.671. The third kappa shape index (κ3) is 3.44. The topological polar surface area (TPSA) is 42.4 Å². The molecule has 1 aliphatic heterocycles. The highest BCUT2D eigenvalue weighted by atomic mass is 32.1. The summed E-state index contributed by atoms with van der Waals surface area (Å²) < 4.78 is 6.68. The molecule has 0 unspecified atom stereocenters. The summed E-state index contributed by atoms with van der Waals surface area (Å²) in [4.78, 5) is 19.7. The minimum atomic E-state index is 0.0962. The highest BCUT2D eigenvalue weighted by Gasteiger charge is 2.27. The van der Waals surface area contributed by atoms with Crippen LogP contribution in [0, 0.1) is 0 Å². The van der Waals surface area contributed by atoms with Crippen molar-refractivity contribution in [3.63, 3.8) is 0 Å². The largest absolute Gasteiger partial charge is 0.494 e. The molecule has 1 saturated heterocycles. The van der Waals surface area contributed by atoms with Crippen molar-refractivity contribution in [3.05, 3.63) is 59.1 Å². The van der Waals surface area contributed by atoms with Gasteiger partial charge in [-0.3, -0.25) is 4.79 Å². The zero-order chi connectivity index (χ0) is 17.9. The molecule has 4 nitrogen and oxygen atoms in total. The summed E-state index contributed by atoms with van der Waals surface area (Å²) in [5.74, 6) is 1.22. The van der Waals surface area contributed by atoms with Crippen molar-refractivity contribution in [2.45, 2.75) is 25.7 Å². The first kappa shape index (κ1) is 17.0. The molecule has 1 amide bonds.